The predicted molar refractivity (Wildman–Crippen MR) is 144 cm³/mol. The Bertz CT molecular complexity index is 864. The zero-order valence-electron chi connectivity index (χ0n) is 22.2. The highest BCUT2D eigenvalue weighted by atomic mass is 35.5. The van der Waals surface area contributed by atoms with Crippen molar-refractivity contribution < 1.29 is 14.4 Å². The molecule has 1 heterocycles. The summed E-state index contributed by atoms with van der Waals surface area (Å²) in [5.41, 5.74) is 0.946. The van der Waals surface area contributed by atoms with E-state index in [-0.39, 0.29) is 23.8 Å². The molecule has 1 aliphatic carbocycles. The van der Waals surface area contributed by atoms with E-state index in [4.69, 9.17) is 11.6 Å². The van der Waals surface area contributed by atoms with E-state index >= 15 is 0 Å². The van der Waals surface area contributed by atoms with Gasteiger partial charge < -0.3 is 20.0 Å². The van der Waals surface area contributed by atoms with Crippen LogP contribution < -0.4 is 5.32 Å². The van der Waals surface area contributed by atoms with Crippen LogP contribution in [0.3, 0.4) is 0 Å². The molecule has 1 atom stereocenters. The van der Waals surface area contributed by atoms with E-state index in [1.807, 2.05) is 31.1 Å². The molecule has 2 fully saturated rings. The van der Waals surface area contributed by atoms with E-state index in [1.165, 1.54) is 19.3 Å². The maximum Gasteiger partial charge on any atom is 0.245 e. The lowest BCUT2D eigenvalue weighted by atomic mass is 9.91. The summed E-state index contributed by atoms with van der Waals surface area (Å²) in [5.74, 6) is 0.0196. The molecule has 1 N–H and O–H groups in total. The van der Waals surface area contributed by atoms with Gasteiger partial charge in [-0.1, -0.05) is 56.3 Å². The second kappa shape index (κ2) is 14.0. The molecule has 200 valence electrons. The van der Waals surface area contributed by atoms with Gasteiger partial charge >= 0.3 is 0 Å². The first kappa shape index (κ1) is 28.5. The number of carbonyl (C=O) groups excluding carboxylic acids is 3. The smallest absolute Gasteiger partial charge is 0.245 e. The molecule has 3 rings (SSSR count). The average Bonchev–Trinajstić information content (AvgIpc) is 2.84. The van der Waals surface area contributed by atoms with Gasteiger partial charge in [0, 0.05) is 50.0 Å². The number of likely N-dealkylation sites (tertiary alicyclic amines) is 1. The molecule has 1 saturated heterocycles. The largest absolute Gasteiger partial charge is 0.344 e. The molecular weight excluding hydrogens is 476 g/mol. The summed E-state index contributed by atoms with van der Waals surface area (Å²) in [6.07, 6.45) is 8.92. The van der Waals surface area contributed by atoms with Crippen LogP contribution in [-0.2, 0) is 20.8 Å². The van der Waals surface area contributed by atoms with Gasteiger partial charge in [-0.15, -0.1) is 0 Å². The summed E-state index contributed by atoms with van der Waals surface area (Å²) in [5, 5.41) is 3.61. The third-order valence-corrected chi connectivity index (χ3v) is 7.59. The second-order valence-electron chi connectivity index (χ2n) is 10.6. The Kier molecular flexibility index (Phi) is 11.1. The van der Waals surface area contributed by atoms with Crippen LogP contribution in [0, 0.1) is 0 Å². The number of carbonyl (C=O) groups is 3. The van der Waals surface area contributed by atoms with Crippen molar-refractivity contribution in [3.63, 3.8) is 0 Å². The third kappa shape index (κ3) is 8.20. The Morgan fingerprint density at radius 3 is 2.31 bits per heavy atom. The van der Waals surface area contributed by atoms with E-state index in [0.29, 0.717) is 50.0 Å². The van der Waals surface area contributed by atoms with E-state index in [0.717, 1.165) is 31.2 Å². The molecular formula is C28H43ClN4O3. The number of nitrogens with one attached hydrogen (secondary N) is 1. The van der Waals surface area contributed by atoms with E-state index in [2.05, 4.69) is 17.1 Å². The van der Waals surface area contributed by atoms with Crippen LogP contribution >= 0.6 is 11.6 Å². The molecule has 1 aromatic carbocycles. The predicted octanol–water partition coefficient (Wildman–Crippen LogP) is 3.88. The highest BCUT2D eigenvalue weighted by Gasteiger charge is 2.42. The van der Waals surface area contributed by atoms with Gasteiger partial charge in [0.25, 0.3) is 0 Å². The third-order valence-electron chi connectivity index (χ3n) is 7.34. The van der Waals surface area contributed by atoms with Gasteiger partial charge in [-0.2, -0.15) is 0 Å². The number of hydrogen-bond acceptors (Lipinski definition) is 4. The number of amides is 3. The molecule has 3 amide bonds. The minimum absolute atomic E-state index is 0.0713. The molecule has 0 bridgehead atoms. The molecule has 1 unspecified atom stereocenters. The van der Waals surface area contributed by atoms with E-state index in [9.17, 15) is 14.4 Å². The van der Waals surface area contributed by atoms with Crippen LogP contribution in [0.2, 0.25) is 5.02 Å². The van der Waals surface area contributed by atoms with Crippen LogP contribution in [0.1, 0.15) is 70.3 Å². The lowest BCUT2D eigenvalue weighted by Gasteiger charge is -2.50. The summed E-state index contributed by atoms with van der Waals surface area (Å²) in [4.78, 5) is 45.2. The molecule has 0 spiro atoms. The average molecular weight is 519 g/mol. The van der Waals surface area contributed by atoms with Crippen molar-refractivity contribution in [2.24, 2.45) is 0 Å². The molecule has 1 saturated carbocycles. The maximum atomic E-state index is 13.5. The fourth-order valence-corrected chi connectivity index (χ4v) is 5.33. The van der Waals surface area contributed by atoms with Crippen molar-refractivity contribution >= 4 is 29.3 Å². The standard InChI is InChI=1S/C28H43ClN4O3/c1-4-5-11-27(35)33(23-9-7-6-8-10-23)24-19-32(20-24)28(36)25(30-26(34)16-17-31(2)3)18-21-12-14-22(29)15-13-21/h12-15,23-25H,4-11,16-20H2,1-3H3,(H,30,34). The van der Waals surface area contributed by atoms with Gasteiger partial charge in [0.15, 0.2) is 0 Å². The summed E-state index contributed by atoms with van der Waals surface area (Å²) in [6.45, 7) is 3.81. The number of rotatable bonds is 12. The molecule has 8 heteroatoms. The molecule has 7 nitrogen and oxygen atoms in total. The zero-order valence-corrected chi connectivity index (χ0v) is 22.9. The summed E-state index contributed by atoms with van der Waals surface area (Å²) in [7, 11) is 3.84. The highest BCUT2D eigenvalue weighted by Crippen LogP contribution is 2.29. The minimum Gasteiger partial charge on any atom is -0.344 e. The molecule has 2 aliphatic rings. The molecule has 1 aliphatic heterocycles. The summed E-state index contributed by atoms with van der Waals surface area (Å²) < 4.78 is 0. The fraction of sp³-hybridized carbons (Fsp3) is 0.679. The van der Waals surface area contributed by atoms with Gasteiger partial charge in [-0.3, -0.25) is 14.4 Å². The topological polar surface area (TPSA) is 73.0 Å². The Balaban J connectivity index is 1.66. The maximum absolute atomic E-state index is 13.5. The van der Waals surface area contributed by atoms with Crippen LogP contribution in [0.25, 0.3) is 0 Å². The monoisotopic (exact) mass is 518 g/mol. The van der Waals surface area contributed by atoms with Crippen molar-refractivity contribution in [2.45, 2.75) is 89.3 Å². The van der Waals surface area contributed by atoms with Crippen molar-refractivity contribution in [3.05, 3.63) is 34.9 Å². The Morgan fingerprint density at radius 2 is 1.69 bits per heavy atom. The van der Waals surface area contributed by atoms with Gasteiger partial charge in [0.05, 0.1) is 6.04 Å². The van der Waals surface area contributed by atoms with Gasteiger partial charge in [-0.25, -0.2) is 0 Å². The highest BCUT2D eigenvalue weighted by molar-refractivity contribution is 6.30. The van der Waals surface area contributed by atoms with Crippen LogP contribution in [0.4, 0.5) is 0 Å². The Morgan fingerprint density at radius 1 is 1.03 bits per heavy atom. The number of hydrogen-bond donors (Lipinski definition) is 1. The van der Waals surface area contributed by atoms with E-state index in [1.54, 1.807) is 17.0 Å². The zero-order chi connectivity index (χ0) is 26.1. The van der Waals surface area contributed by atoms with Gasteiger partial charge in [0.2, 0.25) is 17.7 Å². The lowest BCUT2D eigenvalue weighted by Crippen LogP contribution is -2.67. The van der Waals surface area contributed by atoms with Crippen molar-refractivity contribution in [2.75, 3.05) is 33.7 Å². The molecule has 0 radical (unpaired) electrons. The van der Waals surface area contributed by atoms with Crippen LogP contribution in [0.5, 0.6) is 0 Å². The molecule has 36 heavy (non-hydrogen) atoms. The molecule has 1 aromatic rings. The Hall–Kier alpha value is -2.12. The first-order valence-electron chi connectivity index (χ1n) is 13.6. The normalized spacial score (nSPS) is 17.5. The number of halogens is 1. The summed E-state index contributed by atoms with van der Waals surface area (Å²) >= 11 is 6.03. The minimum atomic E-state index is -0.638. The van der Waals surface area contributed by atoms with Gasteiger partial charge in [-0.05, 0) is 51.1 Å². The number of benzene rings is 1. The van der Waals surface area contributed by atoms with Gasteiger partial charge in [0.1, 0.15) is 6.04 Å². The second-order valence-corrected chi connectivity index (χ2v) is 11.0. The quantitative estimate of drug-likeness (QED) is 0.455. The van der Waals surface area contributed by atoms with Crippen LogP contribution in [0.15, 0.2) is 24.3 Å². The lowest BCUT2D eigenvalue weighted by molar-refractivity contribution is -0.152. The number of unbranched alkanes of at least 4 members (excludes halogenated alkanes) is 1. The number of nitrogens with zero attached hydrogens (tertiary/aromatic N) is 3. The fourth-order valence-electron chi connectivity index (χ4n) is 5.20. The Labute approximate surface area is 221 Å². The van der Waals surface area contributed by atoms with Crippen molar-refractivity contribution in [1.82, 2.24) is 20.0 Å². The van der Waals surface area contributed by atoms with Crippen LogP contribution in [-0.4, -0.2) is 84.3 Å². The van der Waals surface area contributed by atoms with E-state index < -0.39 is 6.04 Å². The summed E-state index contributed by atoms with van der Waals surface area (Å²) in [6, 6.07) is 7.12. The first-order chi connectivity index (χ1) is 17.3. The SMILES string of the molecule is CCCCC(=O)N(C1CCCCC1)C1CN(C(=O)C(Cc2ccc(Cl)cc2)NC(=O)CCN(C)C)C1. The molecule has 0 aromatic heterocycles. The first-order valence-corrected chi connectivity index (χ1v) is 13.9. The van der Waals surface area contributed by atoms with Crippen molar-refractivity contribution in [3.8, 4) is 0 Å². The van der Waals surface area contributed by atoms with Crippen molar-refractivity contribution in [1.29, 1.82) is 0 Å².